The number of halogens is 2. The molecule has 2 aromatic carbocycles. The second-order valence-corrected chi connectivity index (χ2v) is 6.07. The molecule has 0 aromatic heterocycles. The molecule has 4 nitrogen and oxygen atoms in total. The van der Waals surface area contributed by atoms with Crippen LogP contribution < -0.4 is 10.6 Å². The van der Waals surface area contributed by atoms with E-state index in [4.69, 9.17) is 0 Å². The lowest BCUT2D eigenvalue weighted by molar-refractivity contribution is -0.113. The van der Waals surface area contributed by atoms with Gasteiger partial charge in [-0.05, 0) is 48.9 Å². The number of hydrogen-bond acceptors (Lipinski definition) is 3. The highest BCUT2D eigenvalue weighted by molar-refractivity contribution is 8.00. The fourth-order valence-corrected chi connectivity index (χ4v) is 2.71. The molecule has 0 fully saturated rings. The first kappa shape index (κ1) is 17.9. The third kappa shape index (κ3) is 4.55. The van der Waals surface area contributed by atoms with Crippen molar-refractivity contribution in [2.24, 2.45) is 0 Å². The summed E-state index contributed by atoms with van der Waals surface area (Å²) < 4.78 is 26.0. The summed E-state index contributed by atoms with van der Waals surface area (Å²) in [4.78, 5) is 24.0. The maximum absolute atomic E-state index is 13.1. The van der Waals surface area contributed by atoms with Gasteiger partial charge in [0.25, 0.3) is 5.91 Å². The zero-order valence-corrected chi connectivity index (χ0v) is 14.0. The molecule has 7 heteroatoms. The summed E-state index contributed by atoms with van der Waals surface area (Å²) in [6, 6.07) is 8.44. The molecule has 24 heavy (non-hydrogen) atoms. The van der Waals surface area contributed by atoms with Crippen LogP contribution in [-0.4, -0.2) is 24.6 Å². The second kappa shape index (κ2) is 7.92. The molecule has 2 rings (SSSR count). The smallest absolute Gasteiger partial charge is 0.251 e. The van der Waals surface area contributed by atoms with E-state index in [1.165, 1.54) is 6.07 Å². The molecule has 0 atom stereocenters. The molecule has 2 N–H and O–H groups in total. The molecule has 0 aliphatic rings. The van der Waals surface area contributed by atoms with E-state index in [2.05, 4.69) is 10.6 Å². The molecule has 126 valence electrons. The van der Waals surface area contributed by atoms with Crippen molar-refractivity contribution in [2.45, 2.75) is 11.8 Å². The molecular formula is C17H16F2N2O2S. The van der Waals surface area contributed by atoms with Gasteiger partial charge in [0.1, 0.15) is 0 Å². The third-order valence-electron chi connectivity index (χ3n) is 3.25. The first-order chi connectivity index (χ1) is 11.4. The topological polar surface area (TPSA) is 58.2 Å². The third-order valence-corrected chi connectivity index (χ3v) is 4.24. The molecule has 2 aromatic rings. The van der Waals surface area contributed by atoms with Crippen molar-refractivity contribution < 1.29 is 18.4 Å². The van der Waals surface area contributed by atoms with Crippen LogP contribution in [-0.2, 0) is 4.79 Å². The van der Waals surface area contributed by atoms with Crippen molar-refractivity contribution in [2.75, 3.05) is 18.1 Å². The molecule has 0 unspecified atom stereocenters. The van der Waals surface area contributed by atoms with Gasteiger partial charge in [0.15, 0.2) is 11.6 Å². The van der Waals surface area contributed by atoms with Crippen LogP contribution >= 0.6 is 11.8 Å². The van der Waals surface area contributed by atoms with Crippen LogP contribution in [0.3, 0.4) is 0 Å². The number of carbonyl (C=O) groups is 2. The lowest BCUT2D eigenvalue weighted by Gasteiger charge is -2.10. The number of nitrogens with one attached hydrogen (secondary N) is 2. The summed E-state index contributed by atoms with van der Waals surface area (Å²) in [5, 5.41) is 5.26. The second-order valence-electron chi connectivity index (χ2n) is 5.02. The minimum atomic E-state index is -0.943. The van der Waals surface area contributed by atoms with Crippen molar-refractivity contribution in [3.8, 4) is 0 Å². The Hall–Kier alpha value is -2.41. The van der Waals surface area contributed by atoms with E-state index in [-0.39, 0.29) is 17.6 Å². The highest BCUT2D eigenvalue weighted by Gasteiger charge is 2.10. The largest absolute Gasteiger partial charge is 0.355 e. The minimum Gasteiger partial charge on any atom is -0.355 e. The number of thioether (sulfide) groups is 1. The van der Waals surface area contributed by atoms with Crippen LogP contribution in [0.2, 0.25) is 0 Å². The van der Waals surface area contributed by atoms with Gasteiger partial charge in [0, 0.05) is 23.2 Å². The molecule has 0 saturated heterocycles. The lowest BCUT2D eigenvalue weighted by Crippen LogP contribution is -2.19. The fraction of sp³-hybridized carbons (Fsp3) is 0.176. The number of rotatable bonds is 5. The van der Waals surface area contributed by atoms with Gasteiger partial charge in [-0.3, -0.25) is 9.59 Å². The number of benzene rings is 2. The van der Waals surface area contributed by atoms with Crippen LogP contribution in [0.15, 0.2) is 41.3 Å². The van der Waals surface area contributed by atoms with Crippen molar-refractivity contribution in [1.82, 2.24) is 5.32 Å². The Morgan fingerprint density at radius 3 is 2.46 bits per heavy atom. The van der Waals surface area contributed by atoms with Crippen molar-refractivity contribution in [3.05, 3.63) is 59.2 Å². The zero-order chi connectivity index (χ0) is 17.7. The van der Waals surface area contributed by atoms with Gasteiger partial charge in [-0.15, -0.1) is 11.8 Å². The SMILES string of the molecule is CNC(=O)c1ccc(NC(=O)CSc2ccc(F)c(F)c2)c(C)c1. The molecule has 0 spiro atoms. The van der Waals surface area contributed by atoms with E-state index in [0.717, 1.165) is 29.5 Å². The van der Waals surface area contributed by atoms with Crippen LogP contribution in [0, 0.1) is 18.6 Å². The normalized spacial score (nSPS) is 10.3. The summed E-state index contributed by atoms with van der Waals surface area (Å²) in [7, 11) is 1.54. The molecule has 0 aliphatic heterocycles. The van der Waals surface area contributed by atoms with E-state index in [1.807, 2.05) is 0 Å². The summed E-state index contributed by atoms with van der Waals surface area (Å²) in [6.45, 7) is 1.78. The molecule has 0 bridgehead atoms. The standard InChI is InChI=1S/C17H16F2N2O2S/c1-10-7-11(17(23)20-2)3-6-15(10)21-16(22)9-24-12-4-5-13(18)14(19)8-12/h3-8H,9H2,1-2H3,(H,20,23)(H,21,22). The number of amides is 2. The first-order valence-electron chi connectivity index (χ1n) is 7.11. The quantitative estimate of drug-likeness (QED) is 0.813. The van der Waals surface area contributed by atoms with Crippen molar-refractivity contribution >= 4 is 29.3 Å². The van der Waals surface area contributed by atoms with Crippen LogP contribution in [0.1, 0.15) is 15.9 Å². The van der Waals surface area contributed by atoms with Crippen LogP contribution in [0.5, 0.6) is 0 Å². The fourth-order valence-electron chi connectivity index (χ4n) is 1.99. The highest BCUT2D eigenvalue weighted by atomic mass is 32.2. The summed E-state index contributed by atoms with van der Waals surface area (Å²) >= 11 is 1.11. The Balaban J connectivity index is 1.97. The maximum atomic E-state index is 13.1. The Morgan fingerprint density at radius 2 is 1.83 bits per heavy atom. The molecular weight excluding hydrogens is 334 g/mol. The summed E-state index contributed by atoms with van der Waals surface area (Å²) in [5.74, 6) is -2.29. The van der Waals surface area contributed by atoms with Gasteiger partial charge in [-0.2, -0.15) is 0 Å². The number of anilines is 1. The monoisotopic (exact) mass is 350 g/mol. The molecule has 0 saturated carbocycles. The molecule has 0 aliphatic carbocycles. The molecule has 2 amide bonds. The van der Waals surface area contributed by atoms with Gasteiger partial charge in [-0.25, -0.2) is 8.78 Å². The van der Waals surface area contributed by atoms with Gasteiger partial charge in [0.2, 0.25) is 5.91 Å². The van der Waals surface area contributed by atoms with Gasteiger partial charge >= 0.3 is 0 Å². The van der Waals surface area contributed by atoms with Gasteiger partial charge in [-0.1, -0.05) is 0 Å². The first-order valence-corrected chi connectivity index (χ1v) is 8.09. The van der Waals surface area contributed by atoms with Gasteiger partial charge in [0.05, 0.1) is 5.75 Å². The van der Waals surface area contributed by atoms with Crippen LogP contribution in [0.25, 0.3) is 0 Å². The minimum absolute atomic E-state index is 0.0573. The van der Waals surface area contributed by atoms with E-state index in [9.17, 15) is 18.4 Å². The zero-order valence-electron chi connectivity index (χ0n) is 13.2. The van der Waals surface area contributed by atoms with E-state index >= 15 is 0 Å². The van der Waals surface area contributed by atoms with Crippen molar-refractivity contribution in [1.29, 1.82) is 0 Å². The Morgan fingerprint density at radius 1 is 1.08 bits per heavy atom. The molecule has 0 radical (unpaired) electrons. The average molecular weight is 350 g/mol. The van der Waals surface area contributed by atoms with E-state index in [0.29, 0.717) is 16.1 Å². The van der Waals surface area contributed by atoms with Crippen molar-refractivity contribution in [3.63, 3.8) is 0 Å². The predicted molar refractivity (Wildman–Crippen MR) is 90.3 cm³/mol. The molecule has 0 heterocycles. The average Bonchev–Trinajstić information content (AvgIpc) is 2.57. The Labute approximate surface area is 142 Å². The maximum Gasteiger partial charge on any atom is 0.251 e. The Bertz CT molecular complexity index is 781. The summed E-state index contributed by atoms with van der Waals surface area (Å²) in [5.41, 5.74) is 1.85. The van der Waals surface area contributed by atoms with Crippen LogP contribution in [0.4, 0.5) is 14.5 Å². The lowest BCUT2D eigenvalue weighted by atomic mass is 10.1. The predicted octanol–water partition coefficient (Wildman–Crippen LogP) is 3.36. The van der Waals surface area contributed by atoms with E-state index in [1.54, 1.807) is 32.2 Å². The number of aryl methyl sites for hydroxylation is 1. The van der Waals surface area contributed by atoms with E-state index < -0.39 is 11.6 Å². The Kier molecular flexibility index (Phi) is 5.92. The number of hydrogen-bond donors (Lipinski definition) is 2. The van der Waals surface area contributed by atoms with Gasteiger partial charge < -0.3 is 10.6 Å². The number of carbonyl (C=O) groups excluding carboxylic acids is 2. The highest BCUT2D eigenvalue weighted by Crippen LogP contribution is 2.21. The summed E-state index contributed by atoms with van der Waals surface area (Å²) in [6.07, 6.45) is 0.